The van der Waals surface area contributed by atoms with Crippen molar-refractivity contribution >= 4 is 0 Å². The third-order valence-electron chi connectivity index (χ3n) is 6.63. The van der Waals surface area contributed by atoms with Gasteiger partial charge in [0.05, 0.1) is 12.2 Å². The maximum atomic E-state index is 10.4. The predicted molar refractivity (Wildman–Crippen MR) is 133 cm³/mol. The van der Waals surface area contributed by atoms with E-state index in [1.807, 2.05) is 42.9 Å². The maximum Gasteiger partial charge on any atom is 0.120 e. The number of phenolic OH excluding ortho intramolecular Hbond substituents is 1. The summed E-state index contributed by atoms with van der Waals surface area (Å²) in [6.07, 6.45) is 8.44. The number of hydrogen-bond acceptors (Lipinski definition) is 5. The Labute approximate surface area is 200 Å². The molecule has 1 atom stereocenters. The van der Waals surface area contributed by atoms with Crippen molar-refractivity contribution < 1.29 is 5.11 Å². The molecule has 1 aliphatic carbocycles. The van der Waals surface area contributed by atoms with Crippen molar-refractivity contribution in [1.82, 2.24) is 25.2 Å². The number of benzene rings is 2. The quantitative estimate of drug-likeness (QED) is 0.351. The molecule has 0 bridgehead atoms. The van der Waals surface area contributed by atoms with Gasteiger partial charge in [-0.1, -0.05) is 42.5 Å². The van der Waals surface area contributed by atoms with E-state index >= 15 is 0 Å². The van der Waals surface area contributed by atoms with Crippen LogP contribution in [-0.2, 0) is 39.0 Å². The molecule has 0 fully saturated rings. The van der Waals surface area contributed by atoms with Crippen molar-refractivity contribution in [2.45, 2.75) is 51.5 Å². The molecule has 174 valence electrons. The smallest absolute Gasteiger partial charge is 0.120 e. The van der Waals surface area contributed by atoms with Gasteiger partial charge in [-0.2, -0.15) is 0 Å². The first-order valence-electron chi connectivity index (χ1n) is 11.9. The number of phenols is 1. The van der Waals surface area contributed by atoms with Crippen molar-refractivity contribution in [3.05, 3.63) is 113 Å². The molecule has 0 saturated heterocycles. The average molecular weight is 454 g/mol. The number of fused-ring (bicyclic) bond motifs is 1. The van der Waals surface area contributed by atoms with Gasteiger partial charge < -0.3 is 15.4 Å². The summed E-state index contributed by atoms with van der Waals surface area (Å²) in [5.74, 6) is 1.39. The summed E-state index contributed by atoms with van der Waals surface area (Å²) < 4.78 is 0. The molecular formula is C28H31N5O. The minimum Gasteiger partial charge on any atom is -0.508 e. The summed E-state index contributed by atoms with van der Waals surface area (Å²) in [4.78, 5) is 14.6. The fourth-order valence-corrected chi connectivity index (χ4v) is 4.79. The summed E-state index contributed by atoms with van der Waals surface area (Å²) in [5.41, 5.74) is 5.96. The summed E-state index contributed by atoms with van der Waals surface area (Å²) in [5, 5.41) is 13.9. The molecule has 1 unspecified atom stereocenters. The lowest BCUT2D eigenvalue weighted by molar-refractivity contribution is 0.157. The number of H-pyrrole nitrogens is 1. The van der Waals surface area contributed by atoms with E-state index in [-0.39, 0.29) is 0 Å². The second-order valence-electron chi connectivity index (χ2n) is 8.99. The minimum absolute atomic E-state index is 0.352. The molecule has 6 heteroatoms. The lowest BCUT2D eigenvalue weighted by Crippen LogP contribution is -2.38. The Morgan fingerprint density at radius 1 is 0.912 bits per heavy atom. The molecule has 2 aromatic carbocycles. The Morgan fingerprint density at radius 3 is 2.59 bits per heavy atom. The molecule has 4 aromatic rings. The van der Waals surface area contributed by atoms with E-state index in [0.29, 0.717) is 11.8 Å². The van der Waals surface area contributed by atoms with Gasteiger partial charge in [-0.25, -0.2) is 4.98 Å². The van der Waals surface area contributed by atoms with Crippen LogP contribution in [0.4, 0.5) is 0 Å². The molecule has 1 aliphatic rings. The molecule has 34 heavy (non-hydrogen) atoms. The highest BCUT2D eigenvalue weighted by atomic mass is 16.3. The number of pyridine rings is 1. The lowest BCUT2D eigenvalue weighted by Gasteiger charge is -2.35. The van der Waals surface area contributed by atoms with Gasteiger partial charge in [0, 0.05) is 44.3 Å². The topological polar surface area (TPSA) is 77.1 Å². The van der Waals surface area contributed by atoms with Crippen LogP contribution >= 0.6 is 0 Å². The molecule has 0 amide bonds. The normalized spacial score (nSPS) is 15.4. The van der Waals surface area contributed by atoms with Crippen molar-refractivity contribution in [1.29, 1.82) is 0 Å². The Morgan fingerprint density at radius 2 is 1.79 bits per heavy atom. The number of aromatic nitrogens is 3. The standard InChI is InChI=1S/C28H31N5O/c34-27-6-3-4-23-11-12-25(16-26(23)27)33(20-28-31-14-15-32-28)19-22-9-7-21(8-10-22)17-29-18-24-5-1-2-13-30-24/h1-10,13-15,25,29,34H,11-12,16-20H2,(H,31,32). The van der Waals surface area contributed by atoms with E-state index in [2.05, 4.69) is 55.5 Å². The Hall–Kier alpha value is -3.48. The van der Waals surface area contributed by atoms with Crippen LogP contribution in [0.15, 0.2) is 79.3 Å². The lowest BCUT2D eigenvalue weighted by atomic mass is 9.86. The Bertz CT molecular complexity index is 1180. The van der Waals surface area contributed by atoms with Crippen molar-refractivity contribution in [3.8, 4) is 5.75 Å². The number of hydrogen-bond donors (Lipinski definition) is 3. The summed E-state index contributed by atoms with van der Waals surface area (Å²) in [6, 6.07) is 21.1. The van der Waals surface area contributed by atoms with Gasteiger partial charge in [-0.3, -0.25) is 9.88 Å². The van der Waals surface area contributed by atoms with Crippen LogP contribution in [0.25, 0.3) is 0 Å². The van der Waals surface area contributed by atoms with Crippen LogP contribution in [0.1, 0.15) is 40.2 Å². The molecule has 6 nitrogen and oxygen atoms in total. The molecule has 0 aliphatic heterocycles. The van der Waals surface area contributed by atoms with Gasteiger partial charge in [0.2, 0.25) is 0 Å². The number of aryl methyl sites for hydroxylation is 1. The average Bonchev–Trinajstić information content (AvgIpc) is 3.39. The first kappa shape index (κ1) is 22.3. The molecule has 0 radical (unpaired) electrons. The largest absolute Gasteiger partial charge is 0.508 e. The summed E-state index contributed by atoms with van der Waals surface area (Å²) >= 11 is 0. The highest BCUT2D eigenvalue weighted by Crippen LogP contribution is 2.31. The van der Waals surface area contributed by atoms with E-state index in [9.17, 15) is 5.11 Å². The number of aromatic hydroxyl groups is 1. The fraction of sp³-hybridized carbons (Fsp3) is 0.286. The molecule has 2 heterocycles. The number of imidazole rings is 1. The number of aromatic amines is 1. The fourth-order valence-electron chi connectivity index (χ4n) is 4.79. The van der Waals surface area contributed by atoms with Crippen LogP contribution in [0.2, 0.25) is 0 Å². The van der Waals surface area contributed by atoms with Gasteiger partial charge in [-0.05, 0) is 59.7 Å². The molecule has 3 N–H and O–H groups in total. The van der Waals surface area contributed by atoms with E-state index in [0.717, 1.165) is 62.5 Å². The van der Waals surface area contributed by atoms with Crippen LogP contribution < -0.4 is 5.32 Å². The summed E-state index contributed by atoms with van der Waals surface area (Å²) in [7, 11) is 0. The van der Waals surface area contributed by atoms with Gasteiger partial charge in [-0.15, -0.1) is 0 Å². The second-order valence-corrected chi connectivity index (χ2v) is 8.99. The van der Waals surface area contributed by atoms with E-state index in [1.165, 1.54) is 16.7 Å². The van der Waals surface area contributed by atoms with Crippen molar-refractivity contribution in [2.75, 3.05) is 0 Å². The van der Waals surface area contributed by atoms with Crippen LogP contribution in [0, 0.1) is 0 Å². The molecule has 0 saturated carbocycles. The second kappa shape index (κ2) is 10.6. The minimum atomic E-state index is 0.352. The van der Waals surface area contributed by atoms with Gasteiger partial charge >= 0.3 is 0 Å². The van der Waals surface area contributed by atoms with E-state index < -0.39 is 0 Å². The third-order valence-corrected chi connectivity index (χ3v) is 6.63. The Balaban J connectivity index is 1.25. The zero-order chi connectivity index (χ0) is 23.2. The first-order valence-corrected chi connectivity index (χ1v) is 11.9. The van der Waals surface area contributed by atoms with Crippen LogP contribution in [0.5, 0.6) is 5.75 Å². The highest BCUT2D eigenvalue weighted by molar-refractivity contribution is 5.41. The van der Waals surface area contributed by atoms with Crippen LogP contribution in [0.3, 0.4) is 0 Å². The van der Waals surface area contributed by atoms with Crippen molar-refractivity contribution in [2.24, 2.45) is 0 Å². The monoisotopic (exact) mass is 453 g/mol. The molecule has 5 rings (SSSR count). The van der Waals surface area contributed by atoms with Crippen LogP contribution in [-0.4, -0.2) is 31.0 Å². The van der Waals surface area contributed by atoms with Gasteiger partial charge in [0.25, 0.3) is 0 Å². The Kier molecular flexibility index (Phi) is 6.98. The molecular weight excluding hydrogens is 422 g/mol. The molecule has 2 aromatic heterocycles. The molecule has 0 spiro atoms. The van der Waals surface area contributed by atoms with E-state index in [1.54, 1.807) is 6.07 Å². The maximum absolute atomic E-state index is 10.4. The SMILES string of the molecule is Oc1cccc2c1CC(N(Cc1ccc(CNCc3ccccn3)cc1)Cc1ncc[nH]1)CC2. The third kappa shape index (κ3) is 5.53. The van der Waals surface area contributed by atoms with Gasteiger partial charge in [0.1, 0.15) is 11.6 Å². The number of nitrogens with zero attached hydrogens (tertiary/aromatic N) is 3. The van der Waals surface area contributed by atoms with Crippen molar-refractivity contribution in [3.63, 3.8) is 0 Å². The number of nitrogens with one attached hydrogen (secondary N) is 2. The summed E-state index contributed by atoms with van der Waals surface area (Å²) in [6.45, 7) is 3.17. The highest BCUT2D eigenvalue weighted by Gasteiger charge is 2.26. The number of rotatable bonds is 9. The van der Waals surface area contributed by atoms with E-state index in [4.69, 9.17) is 0 Å². The zero-order valence-corrected chi connectivity index (χ0v) is 19.3. The zero-order valence-electron chi connectivity index (χ0n) is 19.3. The first-order chi connectivity index (χ1) is 16.7. The predicted octanol–water partition coefficient (Wildman–Crippen LogP) is 4.36. The van der Waals surface area contributed by atoms with Gasteiger partial charge in [0.15, 0.2) is 0 Å².